The molecule has 0 aliphatic carbocycles. The van der Waals surface area contributed by atoms with E-state index in [0.29, 0.717) is 6.61 Å². The van der Waals surface area contributed by atoms with Crippen molar-refractivity contribution in [2.75, 3.05) is 0 Å². The third-order valence-corrected chi connectivity index (χ3v) is 4.69. The van der Waals surface area contributed by atoms with Gasteiger partial charge in [-0.1, -0.05) is 48.5 Å². The summed E-state index contributed by atoms with van der Waals surface area (Å²) in [6.07, 6.45) is 0. The number of rotatable bonds is 4. The van der Waals surface area contributed by atoms with Crippen molar-refractivity contribution < 1.29 is 4.74 Å². The summed E-state index contributed by atoms with van der Waals surface area (Å²) < 4.78 is 8.19. The molecule has 0 aliphatic heterocycles. The Kier molecular flexibility index (Phi) is 3.20. The Bertz CT molecular complexity index is 1120. The Hall–Kier alpha value is -3.26. The van der Waals surface area contributed by atoms with E-state index < -0.39 is 0 Å². The van der Waals surface area contributed by atoms with Gasteiger partial charge in [0.25, 0.3) is 0 Å². The fraction of sp³-hybridized carbons (Fsp3) is 0.0435. The molecule has 25 heavy (non-hydrogen) atoms. The molecule has 2 nitrogen and oxygen atoms in total. The van der Waals surface area contributed by atoms with Crippen LogP contribution < -0.4 is 4.74 Å². The minimum atomic E-state index is 0.591. The Balaban J connectivity index is 1.44. The van der Waals surface area contributed by atoms with Crippen LogP contribution >= 0.6 is 0 Å². The SMILES string of the molecule is c1ccc(COc2ccc(-c3cc4cccc5ccc3n54)cc2)cc1. The van der Waals surface area contributed by atoms with Crippen LogP contribution in [0.5, 0.6) is 5.75 Å². The van der Waals surface area contributed by atoms with Gasteiger partial charge in [0.15, 0.2) is 0 Å². The lowest BCUT2D eigenvalue weighted by Crippen LogP contribution is -1.94. The summed E-state index contributed by atoms with van der Waals surface area (Å²) in [5, 5.41) is 0. The molecule has 3 heterocycles. The topological polar surface area (TPSA) is 13.6 Å². The molecule has 5 aromatic rings. The Labute approximate surface area is 146 Å². The monoisotopic (exact) mass is 323 g/mol. The minimum Gasteiger partial charge on any atom is -0.489 e. The lowest BCUT2D eigenvalue weighted by molar-refractivity contribution is 0.306. The van der Waals surface area contributed by atoms with E-state index in [2.05, 4.69) is 65.1 Å². The standard InChI is InChI=1S/C23H17NO/c1-2-5-17(6-3-1)16-25-21-12-9-18(10-13-21)22-15-20-8-4-7-19-11-14-23(22)24(19)20/h1-15H,16H2. The smallest absolute Gasteiger partial charge is 0.119 e. The number of nitrogens with zero attached hydrogens (tertiary/aromatic N) is 1. The molecule has 3 aromatic heterocycles. The minimum absolute atomic E-state index is 0.591. The summed E-state index contributed by atoms with van der Waals surface area (Å²) in [7, 11) is 0. The Morgan fingerprint density at radius 3 is 2.32 bits per heavy atom. The number of hydrogen-bond donors (Lipinski definition) is 0. The van der Waals surface area contributed by atoms with Gasteiger partial charge in [0.2, 0.25) is 0 Å². The van der Waals surface area contributed by atoms with Gasteiger partial charge in [0.1, 0.15) is 12.4 Å². The predicted octanol–water partition coefficient (Wildman–Crippen LogP) is 5.78. The maximum atomic E-state index is 5.89. The van der Waals surface area contributed by atoms with Crippen molar-refractivity contribution >= 4 is 16.6 Å². The van der Waals surface area contributed by atoms with E-state index in [4.69, 9.17) is 4.74 Å². The fourth-order valence-electron chi connectivity index (χ4n) is 3.44. The number of aromatic nitrogens is 1. The van der Waals surface area contributed by atoms with Gasteiger partial charge in [0, 0.05) is 16.6 Å². The fourth-order valence-corrected chi connectivity index (χ4v) is 3.44. The zero-order valence-corrected chi connectivity index (χ0v) is 13.7. The van der Waals surface area contributed by atoms with Gasteiger partial charge >= 0.3 is 0 Å². The maximum absolute atomic E-state index is 5.89. The van der Waals surface area contributed by atoms with Crippen LogP contribution in [0.3, 0.4) is 0 Å². The second-order valence-corrected chi connectivity index (χ2v) is 6.29. The van der Waals surface area contributed by atoms with Gasteiger partial charge in [-0.15, -0.1) is 0 Å². The Morgan fingerprint density at radius 1 is 0.680 bits per heavy atom. The first-order valence-corrected chi connectivity index (χ1v) is 8.48. The van der Waals surface area contributed by atoms with E-state index in [1.54, 1.807) is 0 Å². The van der Waals surface area contributed by atoms with Gasteiger partial charge in [-0.25, -0.2) is 0 Å². The molecule has 0 atom stereocenters. The van der Waals surface area contributed by atoms with Crippen LogP contribution in [0, 0.1) is 0 Å². The molecule has 0 aliphatic rings. The first kappa shape index (κ1) is 14.1. The highest BCUT2D eigenvalue weighted by atomic mass is 16.5. The molecule has 0 unspecified atom stereocenters. The molecule has 2 aromatic carbocycles. The van der Waals surface area contributed by atoms with Crippen LogP contribution in [0.2, 0.25) is 0 Å². The summed E-state index contributed by atoms with van der Waals surface area (Å²) in [6.45, 7) is 0.591. The van der Waals surface area contributed by atoms with Crippen LogP contribution in [0.15, 0.2) is 91.0 Å². The molecule has 0 fully saturated rings. The second-order valence-electron chi connectivity index (χ2n) is 6.29. The molecule has 0 amide bonds. The zero-order chi connectivity index (χ0) is 16.6. The van der Waals surface area contributed by atoms with Crippen molar-refractivity contribution in [3.05, 3.63) is 96.6 Å². The van der Waals surface area contributed by atoms with Crippen molar-refractivity contribution in [3.63, 3.8) is 0 Å². The summed E-state index contributed by atoms with van der Waals surface area (Å²) in [4.78, 5) is 0. The molecule has 5 rings (SSSR count). The van der Waals surface area contributed by atoms with Crippen molar-refractivity contribution in [1.82, 2.24) is 4.40 Å². The molecule has 0 saturated heterocycles. The average Bonchev–Trinajstić information content (AvgIpc) is 3.27. The van der Waals surface area contributed by atoms with Crippen LogP contribution in [-0.2, 0) is 6.61 Å². The highest BCUT2D eigenvalue weighted by Crippen LogP contribution is 2.32. The normalized spacial score (nSPS) is 11.4. The quantitative estimate of drug-likeness (QED) is 0.409. The Morgan fingerprint density at radius 2 is 1.48 bits per heavy atom. The van der Waals surface area contributed by atoms with Gasteiger partial charge in [-0.05, 0) is 53.6 Å². The van der Waals surface area contributed by atoms with Gasteiger partial charge in [-0.3, -0.25) is 0 Å². The molecular formula is C23H17NO. The lowest BCUT2D eigenvalue weighted by Gasteiger charge is -2.07. The molecule has 0 saturated carbocycles. The maximum Gasteiger partial charge on any atom is 0.119 e. The predicted molar refractivity (Wildman–Crippen MR) is 102 cm³/mol. The average molecular weight is 323 g/mol. The number of ether oxygens (including phenoxy) is 1. The van der Waals surface area contributed by atoms with Crippen molar-refractivity contribution in [3.8, 4) is 16.9 Å². The summed E-state index contributed by atoms with van der Waals surface area (Å²) in [5.41, 5.74) is 7.37. The van der Waals surface area contributed by atoms with E-state index in [1.165, 1.54) is 33.2 Å². The van der Waals surface area contributed by atoms with Crippen LogP contribution in [0.25, 0.3) is 27.7 Å². The van der Waals surface area contributed by atoms with E-state index in [0.717, 1.165) is 5.75 Å². The highest BCUT2D eigenvalue weighted by molar-refractivity contribution is 5.91. The van der Waals surface area contributed by atoms with Gasteiger partial charge in [-0.2, -0.15) is 0 Å². The summed E-state index contributed by atoms with van der Waals surface area (Å²) in [5.74, 6) is 0.893. The second kappa shape index (κ2) is 5.67. The number of hydrogen-bond acceptors (Lipinski definition) is 1. The van der Waals surface area contributed by atoms with E-state index in [-0.39, 0.29) is 0 Å². The molecule has 0 bridgehead atoms. The van der Waals surface area contributed by atoms with E-state index in [1.807, 2.05) is 30.3 Å². The summed E-state index contributed by atoms with van der Waals surface area (Å²) in [6, 6.07) is 31.6. The largest absolute Gasteiger partial charge is 0.489 e. The molecule has 0 spiro atoms. The van der Waals surface area contributed by atoms with Gasteiger partial charge in [0.05, 0.1) is 5.52 Å². The molecule has 0 radical (unpaired) electrons. The first-order chi connectivity index (χ1) is 12.4. The van der Waals surface area contributed by atoms with E-state index >= 15 is 0 Å². The van der Waals surface area contributed by atoms with E-state index in [9.17, 15) is 0 Å². The summed E-state index contributed by atoms with van der Waals surface area (Å²) >= 11 is 0. The van der Waals surface area contributed by atoms with Crippen molar-refractivity contribution in [1.29, 1.82) is 0 Å². The number of benzene rings is 2. The molecule has 120 valence electrons. The van der Waals surface area contributed by atoms with Gasteiger partial charge < -0.3 is 9.14 Å². The number of pyridine rings is 1. The van der Waals surface area contributed by atoms with Crippen LogP contribution in [0.1, 0.15) is 5.56 Å². The first-order valence-electron chi connectivity index (χ1n) is 8.48. The third-order valence-electron chi connectivity index (χ3n) is 4.69. The molecular weight excluding hydrogens is 306 g/mol. The van der Waals surface area contributed by atoms with Crippen LogP contribution in [-0.4, -0.2) is 4.40 Å². The van der Waals surface area contributed by atoms with Crippen molar-refractivity contribution in [2.45, 2.75) is 6.61 Å². The van der Waals surface area contributed by atoms with Crippen molar-refractivity contribution in [2.24, 2.45) is 0 Å². The zero-order valence-electron chi connectivity index (χ0n) is 13.7. The lowest BCUT2D eigenvalue weighted by atomic mass is 10.1. The highest BCUT2D eigenvalue weighted by Gasteiger charge is 2.11. The molecule has 0 N–H and O–H groups in total. The molecule has 2 heteroatoms. The van der Waals surface area contributed by atoms with Crippen LogP contribution in [0.4, 0.5) is 0 Å². The third kappa shape index (κ3) is 2.43.